The summed E-state index contributed by atoms with van der Waals surface area (Å²) in [5.74, 6) is 0.352. The van der Waals surface area contributed by atoms with Gasteiger partial charge in [0, 0.05) is 24.2 Å². The van der Waals surface area contributed by atoms with Gasteiger partial charge in [-0.3, -0.25) is 13.9 Å². The Morgan fingerprint density at radius 3 is 2.11 bits per heavy atom. The highest BCUT2D eigenvalue weighted by atomic mass is 35.5. The first-order valence-electron chi connectivity index (χ1n) is 14.3. The average molecular weight is 646 g/mol. The number of sulfonamides is 1. The molecule has 3 aromatic rings. The summed E-state index contributed by atoms with van der Waals surface area (Å²) >= 11 is 6.11. The summed E-state index contributed by atoms with van der Waals surface area (Å²) in [4.78, 5) is 28.9. The minimum absolute atomic E-state index is 0.0768. The van der Waals surface area contributed by atoms with Gasteiger partial charge in [-0.25, -0.2) is 8.42 Å². The van der Waals surface area contributed by atoms with Crippen molar-refractivity contribution in [3.63, 3.8) is 0 Å². The maximum Gasteiger partial charge on any atom is 0.264 e. The maximum atomic E-state index is 14.2. The van der Waals surface area contributed by atoms with Crippen LogP contribution in [-0.2, 0) is 26.2 Å². The van der Waals surface area contributed by atoms with Crippen molar-refractivity contribution in [2.75, 3.05) is 38.7 Å². The monoisotopic (exact) mass is 645 g/mol. The summed E-state index contributed by atoms with van der Waals surface area (Å²) in [5.41, 5.74) is 0.974. The smallest absolute Gasteiger partial charge is 0.264 e. The van der Waals surface area contributed by atoms with E-state index >= 15 is 0 Å². The number of benzene rings is 3. The normalized spacial score (nSPS) is 11.8. The van der Waals surface area contributed by atoms with Crippen LogP contribution < -0.4 is 23.8 Å². The topological polar surface area (TPSA) is 114 Å². The number of carbonyl (C=O) groups excluding carboxylic acids is 2. The van der Waals surface area contributed by atoms with Crippen molar-refractivity contribution in [1.29, 1.82) is 0 Å². The molecule has 0 saturated heterocycles. The van der Waals surface area contributed by atoms with Crippen LogP contribution in [0, 0.1) is 0 Å². The van der Waals surface area contributed by atoms with Crippen molar-refractivity contribution in [3.05, 3.63) is 77.3 Å². The Labute approximate surface area is 264 Å². The maximum absolute atomic E-state index is 14.2. The molecule has 2 amide bonds. The molecule has 1 atom stereocenters. The number of methoxy groups -OCH3 is 3. The Bertz CT molecular complexity index is 1500. The van der Waals surface area contributed by atoms with Crippen LogP contribution >= 0.6 is 11.6 Å². The number of hydrogen-bond donors (Lipinski definition) is 1. The van der Waals surface area contributed by atoms with Crippen LogP contribution in [0.15, 0.2) is 71.6 Å². The van der Waals surface area contributed by atoms with Gasteiger partial charge in [0.25, 0.3) is 10.0 Å². The number of amides is 2. The van der Waals surface area contributed by atoms with Gasteiger partial charge in [0.1, 0.15) is 18.3 Å². The number of rotatable bonds is 16. The largest absolute Gasteiger partial charge is 0.497 e. The Kier molecular flexibility index (Phi) is 12.7. The lowest BCUT2D eigenvalue weighted by molar-refractivity contribution is -0.140. The SMILES string of the molecule is CCCCNC(=O)[C@@H](CC)N(Cc1ccc(OC)cc1)C(=O)CN(c1ccc(Cl)cc1)S(=O)(=O)c1ccc(OC)c(OC)c1. The van der Waals surface area contributed by atoms with E-state index in [1.54, 1.807) is 43.5 Å². The van der Waals surface area contributed by atoms with Crippen LogP contribution in [-0.4, -0.2) is 65.6 Å². The summed E-state index contributed by atoms with van der Waals surface area (Å²) in [5, 5.41) is 3.32. The lowest BCUT2D eigenvalue weighted by atomic mass is 10.1. The molecule has 0 aliphatic carbocycles. The van der Waals surface area contributed by atoms with Crippen molar-refractivity contribution < 1.29 is 32.2 Å². The molecule has 3 aromatic carbocycles. The Hall–Kier alpha value is -3.96. The van der Waals surface area contributed by atoms with E-state index in [0.717, 1.165) is 22.7 Å². The molecule has 1 N–H and O–H groups in total. The highest BCUT2D eigenvalue weighted by molar-refractivity contribution is 7.92. The molecule has 0 fully saturated rings. The lowest BCUT2D eigenvalue weighted by Gasteiger charge is -2.33. The summed E-state index contributed by atoms with van der Waals surface area (Å²) in [6, 6.07) is 16.6. The molecule has 0 aliphatic heterocycles. The molecule has 0 spiro atoms. The van der Waals surface area contributed by atoms with E-state index < -0.39 is 28.5 Å². The molecule has 10 nitrogen and oxygen atoms in total. The molecular formula is C32H40ClN3O7S. The first kappa shape index (κ1) is 34.5. The van der Waals surface area contributed by atoms with Crippen LogP contribution in [0.4, 0.5) is 5.69 Å². The zero-order valence-corrected chi connectivity index (χ0v) is 27.3. The number of nitrogens with zero attached hydrogens (tertiary/aromatic N) is 2. The second-order valence-electron chi connectivity index (χ2n) is 9.94. The third kappa shape index (κ3) is 8.57. The molecule has 3 rings (SSSR count). The van der Waals surface area contributed by atoms with Gasteiger partial charge in [0.15, 0.2) is 11.5 Å². The molecule has 0 unspecified atom stereocenters. The Morgan fingerprint density at radius 2 is 1.55 bits per heavy atom. The standard InChI is InChI=1S/C32H40ClN3O7S/c1-6-8-19-34-32(38)28(7-2)35(21-23-9-15-26(41-3)16-10-23)31(37)22-36(25-13-11-24(33)12-14-25)44(39,40)27-17-18-29(42-4)30(20-27)43-5/h9-18,20,28H,6-8,19,21-22H2,1-5H3,(H,34,38)/t28-/m1/s1. The predicted octanol–water partition coefficient (Wildman–Crippen LogP) is 5.28. The molecular weight excluding hydrogens is 606 g/mol. The second-order valence-corrected chi connectivity index (χ2v) is 12.2. The lowest BCUT2D eigenvalue weighted by Crippen LogP contribution is -2.52. The van der Waals surface area contributed by atoms with Gasteiger partial charge in [-0.1, -0.05) is 44.0 Å². The van der Waals surface area contributed by atoms with E-state index in [0.29, 0.717) is 29.5 Å². The zero-order valence-electron chi connectivity index (χ0n) is 25.7. The quantitative estimate of drug-likeness (QED) is 0.211. The van der Waals surface area contributed by atoms with Crippen molar-refractivity contribution in [3.8, 4) is 17.2 Å². The van der Waals surface area contributed by atoms with Gasteiger partial charge < -0.3 is 24.4 Å². The Morgan fingerprint density at radius 1 is 0.886 bits per heavy atom. The van der Waals surface area contributed by atoms with E-state index in [-0.39, 0.29) is 28.8 Å². The molecule has 0 aromatic heterocycles. The van der Waals surface area contributed by atoms with Gasteiger partial charge in [-0.05, 0) is 66.9 Å². The first-order chi connectivity index (χ1) is 21.1. The second kappa shape index (κ2) is 16.2. The van der Waals surface area contributed by atoms with Crippen LogP contribution in [0.25, 0.3) is 0 Å². The predicted molar refractivity (Wildman–Crippen MR) is 171 cm³/mol. The molecule has 0 heterocycles. The number of hydrogen-bond acceptors (Lipinski definition) is 7. The third-order valence-corrected chi connectivity index (χ3v) is 9.09. The number of carbonyl (C=O) groups is 2. The summed E-state index contributed by atoms with van der Waals surface area (Å²) in [6.07, 6.45) is 2.02. The fourth-order valence-electron chi connectivity index (χ4n) is 4.59. The highest BCUT2D eigenvalue weighted by Gasteiger charge is 2.34. The molecule has 0 saturated carbocycles. The van der Waals surface area contributed by atoms with Crippen molar-refractivity contribution in [1.82, 2.24) is 10.2 Å². The van der Waals surface area contributed by atoms with Crippen LogP contribution in [0.5, 0.6) is 17.2 Å². The van der Waals surface area contributed by atoms with Crippen molar-refractivity contribution in [2.24, 2.45) is 0 Å². The third-order valence-electron chi connectivity index (χ3n) is 7.06. The van der Waals surface area contributed by atoms with Crippen molar-refractivity contribution >= 4 is 39.1 Å². The number of ether oxygens (including phenoxy) is 3. The molecule has 0 bridgehead atoms. The number of halogens is 1. The minimum atomic E-state index is -4.32. The fourth-order valence-corrected chi connectivity index (χ4v) is 6.15. The van der Waals surface area contributed by atoms with E-state index in [4.69, 9.17) is 25.8 Å². The zero-order chi connectivity index (χ0) is 32.3. The summed E-state index contributed by atoms with van der Waals surface area (Å²) in [6.45, 7) is 3.81. The van der Waals surface area contributed by atoms with E-state index in [2.05, 4.69) is 5.32 Å². The number of anilines is 1. The van der Waals surface area contributed by atoms with Crippen molar-refractivity contribution in [2.45, 2.75) is 50.6 Å². The molecule has 12 heteroatoms. The highest BCUT2D eigenvalue weighted by Crippen LogP contribution is 2.33. The number of unbranched alkanes of at least 4 members (excludes halogenated alkanes) is 1. The molecule has 238 valence electrons. The van der Waals surface area contributed by atoms with Crippen LogP contribution in [0.1, 0.15) is 38.7 Å². The first-order valence-corrected chi connectivity index (χ1v) is 16.1. The van der Waals surface area contributed by atoms with Gasteiger partial charge in [-0.2, -0.15) is 0 Å². The van der Waals surface area contributed by atoms with E-state index in [1.807, 2.05) is 13.8 Å². The van der Waals surface area contributed by atoms with Crippen LogP contribution in [0.2, 0.25) is 5.02 Å². The van der Waals surface area contributed by atoms with Crippen LogP contribution in [0.3, 0.4) is 0 Å². The molecule has 0 aliphatic rings. The fraction of sp³-hybridized carbons (Fsp3) is 0.375. The van der Waals surface area contributed by atoms with Gasteiger partial charge in [0.05, 0.1) is 31.9 Å². The average Bonchev–Trinajstić information content (AvgIpc) is 3.03. The van der Waals surface area contributed by atoms with Gasteiger partial charge in [-0.15, -0.1) is 0 Å². The Balaban J connectivity index is 2.07. The number of nitrogens with one attached hydrogen (secondary N) is 1. The summed E-state index contributed by atoms with van der Waals surface area (Å²) < 4.78 is 45.2. The molecule has 44 heavy (non-hydrogen) atoms. The van der Waals surface area contributed by atoms with Gasteiger partial charge >= 0.3 is 0 Å². The van der Waals surface area contributed by atoms with E-state index in [9.17, 15) is 18.0 Å². The van der Waals surface area contributed by atoms with E-state index in [1.165, 1.54) is 49.5 Å². The molecule has 0 radical (unpaired) electrons. The van der Waals surface area contributed by atoms with Gasteiger partial charge in [0.2, 0.25) is 11.8 Å². The summed E-state index contributed by atoms with van der Waals surface area (Å²) in [7, 11) is 0.0973. The minimum Gasteiger partial charge on any atom is -0.497 e.